The van der Waals surface area contributed by atoms with E-state index in [0.29, 0.717) is 0 Å². The summed E-state index contributed by atoms with van der Waals surface area (Å²) < 4.78 is 10.6. The Morgan fingerprint density at radius 1 is 1.52 bits per heavy atom. The number of carbonyl (C=O) groups excluding carboxylic acids is 2. The largest absolute Gasteiger partial charge is 0.462 e. The molecule has 4 unspecified atom stereocenters. The second-order valence-electron chi connectivity index (χ2n) is 6.14. The van der Waals surface area contributed by atoms with E-state index in [9.17, 15) is 14.7 Å². The Morgan fingerprint density at radius 3 is 2.88 bits per heavy atom. The standard InChI is InChI=1S/C14H24N6O5/c1-7(2)9(15)13(23)24-4-8(3-21)25-6-20-5-17-10-11(20)18-14(16)19-12(10)22/h5,7-11,21H,3-4,6,15H2,1-2H3,(H3,16,18,19,22). The molecule has 0 bridgehead atoms. The van der Waals surface area contributed by atoms with Crippen LogP contribution < -0.4 is 16.8 Å². The quantitative estimate of drug-likeness (QED) is 0.342. The molecule has 0 aromatic rings. The van der Waals surface area contributed by atoms with E-state index in [-0.39, 0.29) is 37.7 Å². The lowest BCUT2D eigenvalue weighted by Gasteiger charge is -2.28. The van der Waals surface area contributed by atoms with Gasteiger partial charge in [-0.1, -0.05) is 13.8 Å². The van der Waals surface area contributed by atoms with Crippen molar-refractivity contribution in [3.8, 4) is 0 Å². The molecule has 0 radical (unpaired) electrons. The molecular formula is C14H24N6O5. The number of nitrogens with zero attached hydrogens (tertiary/aromatic N) is 3. The van der Waals surface area contributed by atoms with E-state index in [1.165, 1.54) is 6.34 Å². The van der Waals surface area contributed by atoms with Crippen LogP contribution >= 0.6 is 0 Å². The van der Waals surface area contributed by atoms with Gasteiger partial charge in [-0.2, -0.15) is 0 Å². The van der Waals surface area contributed by atoms with Crippen molar-refractivity contribution in [2.24, 2.45) is 27.4 Å². The molecule has 0 saturated heterocycles. The van der Waals surface area contributed by atoms with E-state index in [1.54, 1.807) is 4.90 Å². The number of aliphatic hydroxyl groups is 1. The fourth-order valence-corrected chi connectivity index (χ4v) is 2.21. The number of fused-ring (bicyclic) bond motifs is 1. The van der Waals surface area contributed by atoms with Crippen LogP contribution in [0, 0.1) is 5.92 Å². The number of aliphatic hydroxyl groups excluding tert-OH is 1. The first-order chi connectivity index (χ1) is 11.8. The highest BCUT2D eigenvalue weighted by Gasteiger charge is 2.39. The molecule has 2 heterocycles. The van der Waals surface area contributed by atoms with Crippen LogP contribution in [0.5, 0.6) is 0 Å². The van der Waals surface area contributed by atoms with Crippen LogP contribution in [0.25, 0.3) is 0 Å². The summed E-state index contributed by atoms with van der Waals surface area (Å²) in [6.07, 6.45) is 0.103. The molecular weight excluding hydrogens is 332 g/mol. The summed E-state index contributed by atoms with van der Waals surface area (Å²) in [4.78, 5) is 33.2. The number of rotatable bonds is 8. The molecule has 140 valence electrons. The minimum Gasteiger partial charge on any atom is -0.462 e. The summed E-state index contributed by atoms with van der Waals surface area (Å²) in [5.74, 6) is -0.940. The van der Waals surface area contributed by atoms with Crippen LogP contribution in [0.2, 0.25) is 0 Å². The first-order valence-corrected chi connectivity index (χ1v) is 7.91. The molecule has 6 N–H and O–H groups in total. The Bertz CT molecular complexity index is 566. The Morgan fingerprint density at radius 2 is 2.24 bits per heavy atom. The van der Waals surface area contributed by atoms with Crippen molar-refractivity contribution < 1.29 is 24.2 Å². The number of amides is 1. The van der Waals surface area contributed by atoms with E-state index in [0.717, 1.165) is 0 Å². The molecule has 2 aliphatic rings. The maximum atomic E-state index is 11.8. The summed E-state index contributed by atoms with van der Waals surface area (Å²) in [7, 11) is 0. The minimum atomic E-state index is -0.741. The zero-order valence-corrected chi connectivity index (χ0v) is 14.2. The maximum absolute atomic E-state index is 11.8. The summed E-state index contributed by atoms with van der Waals surface area (Å²) in [5.41, 5.74) is 11.2. The molecule has 25 heavy (non-hydrogen) atoms. The second kappa shape index (κ2) is 8.23. The molecule has 0 aromatic heterocycles. The van der Waals surface area contributed by atoms with Crippen molar-refractivity contribution in [2.75, 3.05) is 19.9 Å². The molecule has 11 nitrogen and oxygen atoms in total. The first kappa shape index (κ1) is 19.1. The van der Waals surface area contributed by atoms with E-state index in [2.05, 4.69) is 15.3 Å². The topological polar surface area (TPSA) is 165 Å². The van der Waals surface area contributed by atoms with Crippen molar-refractivity contribution in [2.45, 2.75) is 38.2 Å². The van der Waals surface area contributed by atoms with Gasteiger partial charge >= 0.3 is 5.97 Å². The third kappa shape index (κ3) is 4.65. The number of guanidine groups is 1. The average molecular weight is 356 g/mol. The lowest BCUT2D eigenvalue weighted by molar-refractivity contribution is -0.153. The molecule has 1 amide bonds. The molecule has 0 aromatic carbocycles. The van der Waals surface area contributed by atoms with Crippen LogP contribution in [-0.2, 0) is 19.1 Å². The first-order valence-electron chi connectivity index (χ1n) is 7.91. The van der Waals surface area contributed by atoms with Crippen LogP contribution in [0.4, 0.5) is 0 Å². The van der Waals surface area contributed by atoms with Gasteiger partial charge in [0, 0.05) is 0 Å². The third-order valence-electron chi connectivity index (χ3n) is 3.85. The highest BCUT2D eigenvalue weighted by Crippen LogP contribution is 2.18. The molecule has 0 fully saturated rings. The third-order valence-corrected chi connectivity index (χ3v) is 3.85. The van der Waals surface area contributed by atoms with E-state index in [1.807, 2.05) is 13.8 Å². The number of ether oxygens (including phenoxy) is 2. The average Bonchev–Trinajstić information content (AvgIpc) is 2.97. The van der Waals surface area contributed by atoms with Crippen LogP contribution in [0.1, 0.15) is 13.8 Å². The molecule has 4 atom stereocenters. The van der Waals surface area contributed by atoms with Gasteiger partial charge in [0.05, 0.1) is 12.9 Å². The summed E-state index contributed by atoms with van der Waals surface area (Å²) in [6, 6.07) is -1.42. The molecule has 0 saturated carbocycles. The van der Waals surface area contributed by atoms with Crippen LogP contribution in [0.15, 0.2) is 9.98 Å². The number of aliphatic imine (C=N–C) groups is 2. The van der Waals surface area contributed by atoms with Gasteiger partial charge in [-0.15, -0.1) is 0 Å². The van der Waals surface area contributed by atoms with Crippen molar-refractivity contribution in [3.05, 3.63) is 0 Å². The predicted molar refractivity (Wildman–Crippen MR) is 88.3 cm³/mol. The van der Waals surface area contributed by atoms with Crippen molar-refractivity contribution in [3.63, 3.8) is 0 Å². The minimum absolute atomic E-state index is 0.00621. The fourth-order valence-electron chi connectivity index (χ4n) is 2.21. The van der Waals surface area contributed by atoms with E-state index in [4.69, 9.17) is 20.9 Å². The zero-order valence-electron chi connectivity index (χ0n) is 14.2. The highest BCUT2D eigenvalue weighted by molar-refractivity contribution is 6.02. The molecule has 2 aliphatic heterocycles. The smallest absolute Gasteiger partial charge is 0.323 e. The number of esters is 1. The van der Waals surface area contributed by atoms with Gasteiger partial charge in [-0.3, -0.25) is 19.9 Å². The Balaban J connectivity index is 1.83. The SMILES string of the molecule is CC(C)C(N)C(=O)OCC(CO)OCN1C=NC2C(=O)NC(N)=NC21. The van der Waals surface area contributed by atoms with Gasteiger partial charge in [-0.25, -0.2) is 4.99 Å². The maximum Gasteiger partial charge on any atom is 0.323 e. The van der Waals surface area contributed by atoms with Gasteiger partial charge in [0.25, 0.3) is 5.91 Å². The van der Waals surface area contributed by atoms with Crippen LogP contribution in [0.3, 0.4) is 0 Å². The second-order valence-corrected chi connectivity index (χ2v) is 6.14. The van der Waals surface area contributed by atoms with Crippen molar-refractivity contribution in [1.29, 1.82) is 0 Å². The summed E-state index contributed by atoms with van der Waals surface area (Å²) in [6.45, 7) is 3.12. The number of carbonyl (C=O) groups is 2. The van der Waals surface area contributed by atoms with Crippen LogP contribution in [-0.4, -0.2) is 78.5 Å². The monoisotopic (exact) mass is 356 g/mol. The van der Waals surface area contributed by atoms with E-state index < -0.39 is 30.3 Å². The Labute approximate surface area is 145 Å². The number of hydrogen-bond acceptors (Lipinski definition) is 10. The van der Waals surface area contributed by atoms with Gasteiger partial charge < -0.3 is 30.9 Å². The predicted octanol–water partition coefficient (Wildman–Crippen LogP) is -2.67. The normalized spacial score (nSPS) is 24.6. The van der Waals surface area contributed by atoms with Crippen molar-refractivity contribution in [1.82, 2.24) is 10.2 Å². The Hall–Kier alpha value is -2.24. The van der Waals surface area contributed by atoms with Gasteiger partial charge in [0.2, 0.25) is 0 Å². The summed E-state index contributed by atoms with van der Waals surface area (Å²) in [5, 5.41) is 11.8. The van der Waals surface area contributed by atoms with Gasteiger partial charge in [-0.05, 0) is 5.92 Å². The molecule has 0 aliphatic carbocycles. The Kier molecular flexibility index (Phi) is 6.28. The lowest BCUT2D eigenvalue weighted by atomic mass is 10.1. The lowest BCUT2D eigenvalue weighted by Crippen LogP contribution is -2.54. The van der Waals surface area contributed by atoms with E-state index >= 15 is 0 Å². The fraction of sp³-hybridized carbons (Fsp3) is 0.714. The summed E-state index contributed by atoms with van der Waals surface area (Å²) >= 11 is 0. The zero-order chi connectivity index (χ0) is 18.6. The van der Waals surface area contributed by atoms with Gasteiger partial charge in [0.15, 0.2) is 18.2 Å². The number of nitrogens with two attached hydrogens (primary N) is 2. The molecule has 11 heteroatoms. The molecule has 2 rings (SSSR count). The van der Waals surface area contributed by atoms with Gasteiger partial charge in [0.1, 0.15) is 25.5 Å². The van der Waals surface area contributed by atoms with Crippen molar-refractivity contribution >= 4 is 24.2 Å². The highest BCUT2D eigenvalue weighted by atomic mass is 16.6. The number of nitrogens with one attached hydrogen (secondary N) is 1. The molecule has 0 spiro atoms. The number of hydrogen-bond donors (Lipinski definition) is 4.